The van der Waals surface area contributed by atoms with Crippen molar-refractivity contribution < 1.29 is 4.79 Å². The fourth-order valence-electron chi connectivity index (χ4n) is 3.67. The number of aromatic amines is 1. The Morgan fingerprint density at radius 2 is 1.89 bits per heavy atom. The third kappa shape index (κ3) is 4.26. The number of carbonyl (C=O) groups is 1. The van der Waals surface area contributed by atoms with Crippen LogP contribution in [0.15, 0.2) is 54.7 Å². The molecule has 1 saturated heterocycles. The summed E-state index contributed by atoms with van der Waals surface area (Å²) in [6, 6.07) is 16.3. The summed E-state index contributed by atoms with van der Waals surface area (Å²) in [5.41, 5.74) is 1.94. The van der Waals surface area contributed by atoms with Crippen molar-refractivity contribution in [3.05, 3.63) is 66.1 Å². The van der Waals surface area contributed by atoms with Crippen LogP contribution in [0.4, 0.5) is 0 Å². The van der Waals surface area contributed by atoms with Gasteiger partial charge in [-0.05, 0) is 50.0 Å². The standard InChI is InChI=1S/C21H24N6O/c28-21(20-24-19(25-26-20)17-10-4-5-12-22-17)23-13-11-18(27-14-6-7-15-27)16-8-2-1-3-9-16/h1-5,8-10,12,18H,6-7,11,13-15H2,(H,23,28)(H,24,25,26). The highest BCUT2D eigenvalue weighted by molar-refractivity contribution is 5.90. The molecule has 1 amide bonds. The first-order valence-corrected chi connectivity index (χ1v) is 9.72. The zero-order valence-electron chi connectivity index (χ0n) is 15.7. The van der Waals surface area contributed by atoms with Crippen LogP contribution in [0.2, 0.25) is 0 Å². The van der Waals surface area contributed by atoms with Crippen molar-refractivity contribution in [2.75, 3.05) is 19.6 Å². The van der Waals surface area contributed by atoms with Gasteiger partial charge in [-0.3, -0.25) is 19.8 Å². The Morgan fingerprint density at radius 1 is 1.11 bits per heavy atom. The number of carbonyl (C=O) groups excluding carboxylic acids is 1. The van der Waals surface area contributed by atoms with Gasteiger partial charge in [0.05, 0.1) is 0 Å². The number of nitrogens with zero attached hydrogens (tertiary/aromatic N) is 4. The molecule has 2 aromatic heterocycles. The summed E-state index contributed by atoms with van der Waals surface area (Å²) in [4.78, 5) is 23.4. The van der Waals surface area contributed by atoms with Gasteiger partial charge < -0.3 is 5.32 Å². The molecule has 1 unspecified atom stereocenters. The summed E-state index contributed by atoms with van der Waals surface area (Å²) in [7, 11) is 0. The number of pyridine rings is 1. The Labute approximate surface area is 164 Å². The lowest BCUT2D eigenvalue weighted by Crippen LogP contribution is -2.31. The first-order chi connectivity index (χ1) is 13.8. The van der Waals surface area contributed by atoms with Crippen LogP contribution in [0.3, 0.4) is 0 Å². The highest BCUT2D eigenvalue weighted by atomic mass is 16.2. The maximum atomic E-state index is 12.4. The minimum Gasteiger partial charge on any atom is -0.349 e. The molecule has 7 nitrogen and oxygen atoms in total. The van der Waals surface area contributed by atoms with E-state index in [-0.39, 0.29) is 11.7 Å². The molecule has 0 spiro atoms. The normalized spacial score (nSPS) is 15.4. The van der Waals surface area contributed by atoms with Crippen LogP contribution in [-0.4, -0.2) is 50.6 Å². The van der Waals surface area contributed by atoms with Crippen LogP contribution in [0.5, 0.6) is 0 Å². The first-order valence-electron chi connectivity index (χ1n) is 9.72. The molecule has 0 bridgehead atoms. The first kappa shape index (κ1) is 18.3. The van der Waals surface area contributed by atoms with E-state index < -0.39 is 0 Å². The summed E-state index contributed by atoms with van der Waals surface area (Å²) in [6.07, 6.45) is 5.01. The summed E-state index contributed by atoms with van der Waals surface area (Å²) in [6.45, 7) is 2.81. The van der Waals surface area contributed by atoms with Crippen molar-refractivity contribution in [2.45, 2.75) is 25.3 Å². The topological polar surface area (TPSA) is 86.8 Å². The molecule has 3 aromatic rings. The lowest BCUT2D eigenvalue weighted by atomic mass is 10.0. The molecule has 3 heterocycles. The van der Waals surface area contributed by atoms with Gasteiger partial charge in [0.2, 0.25) is 5.82 Å². The van der Waals surface area contributed by atoms with Crippen LogP contribution in [-0.2, 0) is 0 Å². The second-order valence-corrected chi connectivity index (χ2v) is 6.94. The molecule has 28 heavy (non-hydrogen) atoms. The second-order valence-electron chi connectivity index (χ2n) is 6.94. The van der Waals surface area contributed by atoms with E-state index in [1.807, 2.05) is 24.3 Å². The average Bonchev–Trinajstić information content (AvgIpc) is 3.45. The fraction of sp³-hybridized carbons (Fsp3) is 0.333. The lowest BCUT2D eigenvalue weighted by molar-refractivity contribution is 0.0938. The van der Waals surface area contributed by atoms with E-state index in [2.05, 4.69) is 54.6 Å². The molecular weight excluding hydrogens is 352 g/mol. The van der Waals surface area contributed by atoms with Crippen molar-refractivity contribution in [3.8, 4) is 11.5 Å². The van der Waals surface area contributed by atoms with Crippen LogP contribution in [0, 0.1) is 0 Å². The largest absolute Gasteiger partial charge is 0.349 e. The number of hydrogen-bond acceptors (Lipinski definition) is 5. The predicted molar refractivity (Wildman–Crippen MR) is 107 cm³/mol. The number of rotatable bonds is 7. The Kier molecular flexibility index (Phi) is 5.72. The molecule has 1 aliphatic heterocycles. The van der Waals surface area contributed by atoms with Crippen molar-refractivity contribution in [3.63, 3.8) is 0 Å². The number of aromatic nitrogens is 4. The maximum Gasteiger partial charge on any atom is 0.288 e. The lowest BCUT2D eigenvalue weighted by Gasteiger charge is -2.28. The zero-order valence-corrected chi connectivity index (χ0v) is 15.7. The van der Waals surface area contributed by atoms with Crippen molar-refractivity contribution in [2.24, 2.45) is 0 Å². The minimum absolute atomic E-state index is 0.207. The van der Waals surface area contributed by atoms with Gasteiger partial charge in [-0.25, -0.2) is 4.98 Å². The van der Waals surface area contributed by atoms with E-state index in [1.54, 1.807) is 6.20 Å². The third-order valence-electron chi connectivity index (χ3n) is 5.06. The predicted octanol–water partition coefficient (Wildman–Crippen LogP) is 2.82. The second kappa shape index (κ2) is 8.75. The van der Waals surface area contributed by atoms with Gasteiger partial charge in [-0.1, -0.05) is 36.4 Å². The Hall–Kier alpha value is -3.06. The van der Waals surface area contributed by atoms with Gasteiger partial charge in [0, 0.05) is 18.8 Å². The fourth-order valence-corrected chi connectivity index (χ4v) is 3.67. The van der Waals surface area contributed by atoms with Gasteiger partial charge in [-0.15, -0.1) is 0 Å². The number of benzene rings is 1. The molecule has 7 heteroatoms. The number of nitrogens with one attached hydrogen (secondary N) is 2. The molecule has 2 N–H and O–H groups in total. The Morgan fingerprint density at radius 3 is 2.64 bits per heavy atom. The van der Waals surface area contributed by atoms with Gasteiger partial charge in [-0.2, -0.15) is 5.10 Å². The quantitative estimate of drug-likeness (QED) is 0.662. The SMILES string of the molecule is O=C(NCCC(c1ccccc1)N1CCCC1)c1nc(-c2ccccn2)n[nH]1. The van der Waals surface area contributed by atoms with E-state index >= 15 is 0 Å². The molecule has 4 rings (SSSR count). The number of likely N-dealkylation sites (tertiary alicyclic amines) is 1. The monoisotopic (exact) mass is 376 g/mol. The summed E-state index contributed by atoms with van der Waals surface area (Å²) in [5, 5.41) is 9.77. The van der Waals surface area contributed by atoms with Crippen LogP contribution in [0.1, 0.15) is 41.5 Å². The summed E-state index contributed by atoms with van der Waals surface area (Å²) < 4.78 is 0. The van der Waals surface area contributed by atoms with Gasteiger partial charge in [0.15, 0.2) is 5.82 Å². The Bertz CT molecular complexity index is 890. The maximum absolute atomic E-state index is 12.4. The molecule has 0 radical (unpaired) electrons. The number of hydrogen-bond donors (Lipinski definition) is 2. The minimum atomic E-state index is -0.247. The van der Waals surface area contributed by atoms with Crippen LogP contribution in [0.25, 0.3) is 11.5 Å². The molecule has 1 fully saturated rings. The molecule has 0 aliphatic carbocycles. The number of amides is 1. The van der Waals surface area contributed by atoms with Crippen LogP contribution < -0.4 is 5.32 Å². The molecule has 144 valence electrons. The molecular formula is C21H24N6O. The van der Waals surface area contributed by atoms with Crippen LogP contribution >= 0.6 is 0 Å². The van der Waals surface area contributed by atoms with E-state index in [9.17, 15) is 4.79 Å². The third-order valence-corrected chi connectivity index (χ3v) is 5.06. The van der Waals surface area contributed by atoms with E-state index in [0.29, 0.717) is 24.1 Å². The molecule has 0 saturated carbocycles. The van der Waals surface area contributed by atoms with Crippen molar-refractivity contribution >= 4 is 5.91 Å². The molecule has 1 atom stereocenters. The van der Waals surface area contributed by atoms with E-state index in [4.69, 9.17) is 0 Å². The van der Waals surface area contributed by atoms with Crippen molar-refractivity contribution in [1.82, 2.24) is 30.4 Å². The number of H-pyrrole nitrogens is 1. The van der Waals surface area contributed by atoms with Crippen molar-refractivity contribution in [1.29, 1.82) is 0 Å². The average molecular weight is 376 g/mol. The highest BCUT2D eigenvalue weighted by Crippen LogP contribution is 2.27. The summed E-state index contributed by atoms with van der Waals surface area (Å²) >= 11 is 0. The van der Waals surface area contributed by atoms with Gasteiger partial charge in [0.1, 0.15) is 5.69 Å². The summed E-state index contributed by atoms with van der Waals surface area (Å²) in [5.74, 6) is 0.381. The van der Waals surface area contributed by atoms with E-state index in [0.717, 1.165) is 19.5 Å². The zero-order chi connectivity index (χ0) is 19.2. The smallest absolute Gasteiger partial charge is 0.288 e. The molecule has 1 aromatic carbocycles. The highest BCUT2D eigenvalue weighted by Gasteiger charge is 2.23. The van der Waals surface area contributed by atoms with Gasteiger partial charge >= 0.3 is 0 Å². The van der Waals surface area contributed by atoms with Gasteiger partial charge in [0.25, 0.3) is 5.91 Å². The van der Waals surface area contributed by atoms with E-state index in [1.165, 1.54) is 18.4 Å². The Balaban J connectivity index is 1.37. The molecule has 1 aliphatic rings.